The number of benzene rings is 1. The summed E-state index contributed by atoms with van der Waals surface area (Å²) in [6, 6.07) is 8.56. The van der Waals surface area contributed by atoms with Gasteiger partial charge in [-0.1, -0.05) is 37.8 Å². The number of hydrogen-bond donors (Lipinski definition) is 0. The molecule has 0 unspecified atom stereocenters. The van der Waals surface area contributed by atoms with Gasteiger partial charge < -0.3 is 0 Å². The maximum absolute atomic E-state index is 12.7. The minimum Gasteiger partial charge on any atom is -0.218 e. The normalized spacial score (nSPS) is 11.2. The molecule has 0 N–H and O–H groups in total. The van der Waals surface area contributed by atoms with E-state index in [9.17, 15) is 8.42 Å². The summed E-state index contributed by atoms with van der Waals surface area (Å²) in [6.07, 6.45) is 1.93. The van der Waals surface area contributed by atoms with Crippen LogP contribution in [-0.4, -0.2) is 16.5 Å². The fraction of sp³-hybridized carbons (Fsp3) is 0.421. The van der Waals surface area contributed by atoms with Crippen LogP contribution in [0.15, 0.2) is 51.4 Å². The van der Waals surface area contributed by atoms with Crippen LogP contribution in [0.5, 0.6) is 0 Å². The highest BCUT2D eigenvalue weighted by molar-refractivity contribution is 7.95. The van der Waals surface area contributed by atoms with Gasteiger partial charge in [0.1, 0.15) is 8.07 Å². The zero-order valence-electron chi connectivity index (χ0n) is 14.7. The molecule has 0 aliphatic heterocycles. The van der Waals surface area contributed by atoms with Gasteiger partial charge in [-0.2, -0.15) is 0 Å². The molecule has 0 saturated carbocycles. The van der Waals surface area contributed by atoms with Crippen LogP contribution in [0.4, 0.5) is 0 Å². The van der Waals surface area contributed by atoms with Crippen LogP contribution in [0.1, 0.15) is 33.1 Å². The Labute approximate surface area is 142 Å². The van der Waals surface area contributed by atoms with Crippen molar-refractivity contribution < 1.29 is 8.42 Å². The molecule has 1 aromatic carbocycles. The van der Waals surface area contributed by atoms with Crippen molar-refractivity contribution in [1.82, 2.24) is 0 Å². The molecule has 0 atom stereocenters. The van der Waals surface area contributed by atoms with E-state index in [0.717, 1.165) is 18.4 Å². The smallest absolute Gasteiger partial charge is 0.210 e. The fourth-order valence-electron chi connectivity index (χ4n) is 1.95. The molecule has 0 fully saturated rings. The van der Waals surface area contributed by atoms with Gasteiger partial charge in [0.2, 0.25) is 9.84 Å². The van der Waals surface area contributed by atoms with Crippen molar-refractivity contribution in [3.05, 3.63) is 46.5 Å². The minimum absolute atomic E-state index is 0.330. The van der Waals surface area contributed by atoms with Crippen molar-refractivity contribution in [3.8, 4) is 11.5 Å². The Kier molecular flexibility index (Phi) is 7.09. The molecule has 0 aliphatic carbocycles. The van der Waals surface area contributed by atoms with E-state index in [-0.39, 0.29) is 0 Å². The van der Waals surface area contributed by atoms with Crippen LogP contribution in [0.2, 0.25) is 19.6 Å². The minimum atomic E-state index is -3.47. The van der Waals surface area contributed by atoms with Crippen molar-refractivity contribution in [3.63, 3.8) is 0 Å². The number of hydrogen-bond acceptors (Lipinski definition) is 2. The maximum Gasteiger partial charge on any atom is 0.210 e. The van der Waals surface area contributed by atoms with Crippen LogP contribution in [0.25, 0.3) is 0 Å². The Balaban J connectivity index is 2.96. The summed E-state index contributed by atoms with van der Waals surface area (Å²) in [6.45, 7) is 10.3. The van der Waals surface area contributed by atoms with E-state index in [1.807, 2.05) is 19.9 Å². The highest BCUT2D eigenvalue weighted by atomic mass is 32.2. The molecule has 1 rings (SSSR count). The molecule has 0 aliphatic rings. The molecule has 4 heteroatoms. The summed E-state index contributed by atoms with van der Waals surface area (Å²) < 4.78 is 25.5. The number of unbranched alkanes of at least 4 members (excludes halogenated alkanes) is 1. The Morgan fingerprint density at radius 3 is 2.22 bits per heavy atom. The second kappa shape index (κ2) is 8.36. The topological polar surface area (TPSA) is 34.1 Å². The van der Waals surface area contributed by atoms with E-state index in [2.05, 4.69) is 36.8 Å². The maximum atomic E-state index is 12.7. The van der Waals surface area contributed by atoms with E-state index in [0.29, 0.717) is 16.2 Å². The van der Waals surface area contributed by atoms with Gasteiger partial charge in [0, 0.05) is 6.42 Å². The standard InChI is InChI=1S/C19H26O2SSi/c1-17(2)16-19(14-10-7-11-15-23(3,4)5)22(20,21)18-12-8-6-9-13-18/h6,8-9,12-13H,7,10,14H2,1-5H3. The Bertz CT molecular complexity index is 747. The summed E-state index contributed by atoms with van der Waals surface area (Å²) in [4.78, 5) is 0.690. The first-order valence-corrected chi connectivity index (χ1v) is 12.8. The van der Waals surface area contributed by atoms with Crippen molar-refractivity contribution in [2.45, 2.75) is 57.6 Å². The first kappa shape index (κ1) is 19.5. The summed E-state index contributed by atoms with van der Waals surface area (Å²) in [5.41, 5.74) is 7.21. The van der Waals surface area contributed by atoms with Crippen molar-refractivity contribution in [2.75, 3.05) is 0 Å². The van der Waals surface area contributed by atoms with Crippen LogP contribution < -0.4 is 0 Å². The molecule has 2 nitrogen and oxygen atoms in total. The van der Waals surface area contributed by atoms with Crippen LogP contribution in [-0.2, 0) is 9.84 Å². The van der Waals surface area contributed by atoms with E-state index >= 15 is 0 Å². The summed E-state index contributed by atoms with van der Waals surface area (Å²) in [7, 11) is -4.82. The zero-order chi connectivity index (χ0) is 17.5. The van der Waals surface area contributed by atoms with Crippen LogP contribution in [0.3, 0.4) is 0 Å². The van der Waals surface area contributed by atoms with Crippen molar-refractivity contribution in [2.24, 2.45) is 0 Å². The molecule has 0 amide bonds. The molecule has 0 saturated heterocycles. The molecule has 0 spiro atoms. The second-order valence-corrected chi connectivity index (χ2v) is 13.5. The third-order valence-electron chi connectivity index (χ3n) is 2.94. The predicted molar refractivity (Wildman–Crippen MR) is 100 cm³/mol. The highest BCUT2D eigenvalue weighted by Gasteiger charge is 2.19. The molecule has 124 valence electrons. The van der Waals surface area contributed by atoms with Crippen molar-refractivity contribution >= 4 is 17.9 Å². The number of allylic oxidation sites excluding steroid dienone is 1. The number of rotatable bonds is 5. The monoisotopic (exact) mass is 346 g/mol. The van der Waals surface area contributed by atoms with Gasteiger partial charge in [-0.25, -0.2) is 8.42 Å². The van der Waals surface area contributed by atoms with Crippen LogP contribution in [0, 0.1) is 11.5 Å². The fourth-order valence-corrected chi connectivity index (χ4v) is 4.16. The SMILES string of the molecule is CC(C)=C=C(CCCC#C[Si](C)(C)C)S(=O)(=O)c1ccccc1. The van der Waals surface area contributed by atoms with Gasteiger partial charge in [0.15, 0.2) is 0 Å². The van der Waals surface area contributed by atoms with Crippen LogP contribution >= 0.6 is 0 Å². The van der Waals surface area contributed by atoms with Gasteiger partial charge in [-0.05, 0) is 44.4 Å². The predicted octanol–water partition coefficient (Wildman–Crippen LogP) is 4.96. The molecule has 0 bridgehead atoms. The molecular formula is C19H26O2SSi. The van der Waals surface area contributed by atoms with Gasteiger partial charge in [0.25, 0.3) is 0 Å². The first-order chi connectivity index (χ1) is 10.6. The van der Waals surface area contributed by atoms with Gasteiger partial charge in [-0.3, -0.25) is 0 Å². The Morgan fingerprint density at radius 1 is 1.09 bits per heavy atom. The lowest BCUT2D eigenvalue weighted by molar-refractivity contribution is 0.599. The van der Waals surface area contributed by atoms with Gasteiger partial charge in [0.05, 0.1) is 9.80 Å². The van der Waals surface area contributed by atoms with E-state index in [1.165, 1.54) is 0 Å². The van der Waals surface area contributed by atoms with E-state index < -0.39 is 17.9 Å². The van der Waals surface area contributed by atoms with Crippen molar-refractivity contribution in [1.29, 1.82) is 0 Å². The molecular weight excluding hydrogens is 320 g/mol. The third-order valence-corrected chi connectivity index (χ3v) is 5.71. The molecule has 0 radical (unpaired) electrons. The largest absolute Gasteiger partial charge is 0.218 e. The average molecular weight is 347 g/mol. The molecule has 0 heterocycles. The first-order valence-electron chi connectivity index (χ1n) is 7.86. The Hall–Kier alpha value is -1.53. The summed E-state index contributed by atoms with van der Waals surface area (Å²) in [5, 5.41) is 0. The highest BCUT2D eigenvalue weighted by Crippen LogP contribution is 2.23. The molecule has 23 heavy (non-hydrogen) atoms. The molecule has 1 aromatic rings. The Morgan fingerprint density at radius 2 is 1.70 bits per heavy atom. The van der Waals surface area contributed by atoms with E-state index in [1.54, 1.807) is 24.3 Å². The zero-order valence-corrected chi connectivity index (χ0v) is 16.5. The molecule has 0 aromatic heterocycles. The lowest BCUT2D eigenvalue weighted by Gasteiger charge is -2.07. The number of sulfone groups is 1. The second-order valence-electron chi connectivity index (χ2n) is 6.77. The average Bonchev–Trinajstić information content (AvgIpc) is 2.45. The van der Waals surface area contributed by atoms with E-state index in [4.69, 9.17) is 0 Å². The quantitative estimate of drug-likeness (QED) is 0.327. The third kappa shape index (κ3) is 7.05. The van der Waals surface area contributed by atoms with Gasteiger partial charge in [-0.15, -0.1) is 17.2 Å². The summed E-state index contributed by atoms with van der Waals surface area (Å²) in [5.74, 6) is 3.19. The lowest BCUT2D eigenvalue weighted by atomic mass is 10.2. The van der Waals surface area contributed by atoms with Gasteiger partial charge >= 0.3 is 0 Å². The summed E-state index contributed by atoms with van der Waals surface area (Å²) >= 11 is 0. The lowest BCUT2D eigenvalue weighted by Crippen LogP contribution is -2.16.